The smallest absolute Gasteiger partial charge is 0.264 e. The molecule has 0 heterocycles. The first-order valence-electron chi connectivity index (χ1n) is 6.37. The molecule has 0 fully saturated rings. The summed E-state index contributed by atoms with van der Waals surface area (Å²) in [6.45, 7) is 3.50. The molecule has 0 aliphatic heterocycles. The van der Waals surface area contributed by atoms with E-state index in [2.05, 4.69) is 4.72 Å². The molecule has 0 aromatic heterocycles. The minimum Gasteiger partial charge on any atom is -0.497 e. The standard InChI is InChI=1S/C15H18N2O3S/c1-10-7-8-11(2)15(14(10)16)21(18,19)17-12-5-4-6-13(9-12)20-3/h4-9,17H,16H2,1-3H3. The molecular formula is C15H18N2O3S. The maximum absolute atomic E-state index is 12.6. The van der Waals surface area contributed by atoms with Gasteiger partial charge in [0.15, 0.2) is 0 Å². The number of ether oxygens (including phenoxy) is 1. The molecule has 6 heteroatoms. The molecule has 0 amide bonds. The van der Waals surface area contributed by atoms with E-state index in [1.165, 1.54) is 7.11 Å². The summed E-state index contributed by atoms with van der Waals surface area (Å²) in [6, 6.07) is 10.3. The minimum atomic E-state index is -3.75. The van der Waals surface area contributed by atoms with Gasteiger partial charge in [0.2, 0.25) is 0 Å². The predicted molar refractivity (Wildman–Crippen MR) is 84.1 cm³/mol. The molecule has 0 bridgehead atoms. The number of nitrogen functional groups attached to an aromatic ring is 1. The molecular weight excluding hydrogens is 288 g/mol. The number of nitrogens with two attached hydrogens (primary N) is 1. The third kappa shape index (κ3) is 3.11. The average molecular weight is 306 g/mol. The van der Waals surface area contributed by atoms with Crippen molar-refractivity contribution in [2.45, 2.75) is 18.7 Å². The van der Waals surface area contributed by atoms with Gasteiger partial charge in [0.05, 0.1) is 18.5 Å². The van der Waals surface area contributed by atoms with E-state index in [0.29, 0.717) is 17.0 Å². The van der Waals surface area contributed by atoms with Gasteiger partial charge in [-0.3, -0.25) is 4.72 Å². The van der Waals surface area contributed by atoms with E-state index in [1.807, 2.05) is 0 Å². The summed E-state index contributed by atoms with van der Waals surface area (Å²) in [5.74, 6) is 0.573. The van der Waals surface area contributed by atoms with Gasteiger partial charge in [-0.25, -0.2) is 8.42 Å². The van der Waals surface area contributed by atoms with Crippen molar-refractivity contribution < 1.29 is 13.2 Å². The van der Waals surface area contributed by atoms with Crippen LogP contribution < -0.4 is 15.2 Å². The summed E-state index contributed by atoms with van der Waals surface area (Å²) >= 11 is 0. The highest BCUT2D eigenvalue weighted by Gasteiger charge is 2.21. The number of benzene rings is 2. The van der Waals surface area contributed by atoms with Crippen molar-refractivity contribution in [3.63, 3.8) is 0 Å². The molecule has 0 spiro atoms. The largest absolute Gasteiger partial charge is 0.497 e. The fraction of sp³-hybridized carbons (Fsp3) is 0.200. The Labute approximate surface area is 124 Å². The van der Waals surface area contributed by atoms with Crippen LogP contribution in [-0.4, -0.2) is 15.5 Å². The van der Waals surface area contributed by atoms with Crippen molar-refractivity contribution in [2.75, 3.05) is 17.6 Å². The first kappa shape index (κ1) is 15.2. The van der Waals surface area contributed by atoms with Crippen LogP contribution in [0.25, 0.3) is 0 Å². The highest BCUT2D eigenvalue weighted by atomic mass is 32.2. The zero-order valence-corrected chi connectivity index (χ0v) is 13.0. The molecule has 5 nitrogen and oxygen atoms in total. The molecule has 0 saturated heterocycles. The number of anilines is 2. The lowest BCUT2D eigenvalue weighted by Gasteiger charge is -2.14. The van der Waals surface area contributed by atoms with Gasteiger partial charge in [-0.1, -0.05) is 18.2 Å². The number of hydrogen-bond donors (Lipinski definition) is 2. The van der Waals surface area contributed by atoms with E-state index in [9.17, 15) is 8.42 Å². The number of aryl methyl sites for hydroxylation is 2. The quantitative estimate of drug-likeness (QED) is 0.851. The fourth-order valence-electron chi connectivity index (χ4n) is 2.06. The number of methoxy groups -OCH3 is 1. The summed E-state index contributed by atoms with van der Waals surface area (Å²) in [5, 5.41) is 0. The van der Waals surface area contributed by atoms with Crippen molar-refractivity contribution in [3.05, 3.63) is 47.5 Å². The third-order valence-electron chi connectivity index (χ3n) is 3.20. The fourth-order valence-corrected chi connectivity index (χ4v) is 3.54. The van der Waals surface area contributed by atoms with Crippen molar-refractivity contribution in [3.8, 4) is 5.75 Å². The normalized spacial score (nSPS) is 11.2. The maximum atomic E-state index is 12.6. The zero-order chi connectivity index (χ0) is 15.6. The number of hydrogen-bond acceptors (Lipinski definition) is 4. The first-order valence-corrected chi connectivity index (χ1v) is 7.86. The van der Waals surface area contributed by atoms with Crippen LogP contribution in [0.3, 0.4) is 0 Å². The molecule has 0 aliphatic carbocycles. The van der Waals surface area contributed by atoms with Crippen LogP contribution in [0.5, 0.6) is 5.75 Å². The highest BCUT2D eigenvalue weighted by molar-refractivity contribution is 7.93. The topological polar surface area (TPSA) is 81.4 Å². The van der Waals surface area contributed by atoms with E-state index in [1.54, 1.807) is 50.2 Å². The number of rotatable bonds is 4. The van der Waals surface area contributed by atoms with Gasteiger partial charge < -0.3 is 10.5 Å². The molecule has 0 atom stereocenters. The van der Waals surface area contributed by atoms with E-state index >= 15 is 0 Å². The molecule has 21 heavy (non-hydrogen) atoms. The molecule has 0 radical (unpaired) electrons. The van der Waals surface area contributed by atoms with Gasteiger partial charge in [0, 0.05) is 6.07 Å². The molecule has 112 valence electrons. The van der Waals surface area contributed by atoms with Crippen molar-refractivity contribution in [1.82, 2.24) is 0 Å². The van der Waals surface area contributed by atoms with E-state index in [0.717, 1.165) is 5.56 Å². The summed E-state index contributed by atoms with van der Waals surface area (Å²) < 4.78 is 32.7. The second-order valence-electron chi connectivity index (χ2n) is 4.78. The Kier molecular flexibility index (Phi) is 4.09. The van der Waals surface area contributed by atoms with E-state index in [4.69, 9.17) is 10.5 Å². The van der Waals surface area contributed by atoms with Gasteiger partial charge >= 0.3 is 0 Å². The van der Waals surface area contributed by atoms with Crippen LogP contribution in [0, 0.1) is 13.8 Å². The Balaban J connectivity index is 2.46. The predicted octanol–water partition coefficient (Wildman–Crippen LogP) is 2.70. The van der Waals surface area contributed by atoms with Crippen molar-refractivity contribution >= 4 is 21.4 Å². The Morgan fingerprint density at radius 1 is 1.10 bits per heavy atom. The monoisotopic (exact) mass is 306 g/mol. The lowest BCUT2D eigenvalue weighted by Crippen LogP contribution is -2.16. The van der Waals surface area contributed by atoms with Gasteiger partial charge in [-0.15, -0.1) is 0 Å². The number of sulfonamides is 1. The molecule has 2 aromatic rings. The van der Waals surface area contributed by atoms with Crippen molar-refractivity contribution in [2.24, 2.45) is 0 Å². The average Bonchev–Trinajstić information content (AvgIpc) is 2.42. The lowest BCUT2D eigenvalue weighted by molar-refractivity contribution is 0.415. The Hall–Kier alpha value is -2.21. The van der Waals surface area contributed by atoms with E-state index < -0.39 is 10.0 Å². The molecule has 0 aliphatic rings. The summed E-state index contributed by atoms with van der Waals surface area (Å²) in [4.78, 5) is 0.116. The Bertz CT molecular complexity index is 770. The summed E-state index contributed by atoms with van der Waals surface area (Å²) in [7, 11) is -2.23. The molecule has 2 aromatic carbocycles. The number of nitrogens with one attached hydrogen (secondary N) is 1. The van der Waals surface area contributed by atoms with Gasteiger partial charge in [0.25, 0.3) is 10.0 Å². The van der Waals surface area contributed by atoms with Crippen molar-refractivity contribution in [1.29, 1.82) is 0 Å². The molecule has 0 saturated carbocycles. The summed E-state index contributed by atoms with van der Waals surface area (Å²) in [5.41, 5.74) is 7.96. The summed E-state index contributed by atoms with van der Waals surface area (Å²) in [6.07, 6.45) is 0. The lowest BCUT2D eigenvalue weighted by atomic mass is 10.1. The Morgan fingerprint density at radius 2 is 1.76 bits per heavy atom. The van der Waals surface area contributed by atoms with Gasteiger partial charge in [0.1, 0.15) is 10.6 Å². The van der Waals surface area contributed by atoms with Crippen LogP contribution in [0.1, 0.15) is 11.1 Å². The SMILES string of the molecule is COc1cccc(NS(=O)(=O)c2c(C)ccc(C)c2N)c1. The second kappa shape index (κ2) is 5.65. The third-order valence-corrected chi connectivity index (χ3v) is 4.79. The van der Waals surface area contributed by atoms with Crippen LogP contribution in [0.15, 0.2) is 41.3 Å². The molecule has 2 rings (SSSR count). The highest BCUT2D eigenvalue weighted by Crippen LogP contribution is 2.28. The van der Waals surface area contributed by atoms with E-state index in [-0.39, 0.29) is 10.6 Å². The van der Waals surface area contributed by atoms with Gasteiger partial charge in [-0.2, -0.15) is 0 Å². The minimum absolute atomic E-state index is 0.116. The van der Waals surface area contributed by atoms with Crippen LogP contribution in [-0.2, 0) is 10.0 Å². The van der Waals surface area contributed by atoms with Crippen LogP contribution in [0.2, 0.25) is 0 Å². The molecule has 3 N–H and O–H groups in total. The molecule has 0 unspecified atom stereocenters. The first-order chi connectivity index (χ1) is 9.85. The zero-order valence-electron chi connectivity index (χ0n) is 12.2. The second-order valence-corrected chi connectivity index (χ2v) is 6.40. The maximum Gasteiger partial charge on any atom is 0.264 e. The van der Waals surface area contributed by atoms with Crippen LogP contribution in [0.4, 0.5) is 11.4 Å². The van der Waals surface area contributed by atoms with Crippen LogP contribution >= 0.6 is 0 Å². The Morgan fingerprint density at radius 3 is 2.43 bits per heavy atom. The van der Waals surface area contributed by atoms with Gasteiger partial charge in [-0.05, 0) is 37.1 Å².